The van der Waals surface area contributed by atoms with Gasteiger partial charge in [-0.2, -0.15) is 4.31 Å². The van der Waals surface area contributed by atoms with E-state index < -0.39 is 15.9 Å². The van der Waals surface area contributed by atoms with Gasteiger partial charge in [0.15, 0.2) is 0 Å². The normalized spacial score (nSPS) is 18.6. The quantitative estimate of drug-likeness (QED) is 0.299. The van der Waals surface area contributed by atoms with Crippen LogP contribution in [0, 0.1) is 13.8 Å². The summed E-state index contributed by atoms with van der Waals surface area (Å²) in [6.07, 6.45) is 4.31. The molecule has 0 saturated heterocycles. The van der Waals surface area contributed by atoms with Crippen LogP contribution in [-0.2, 0) is 10.0 Å². The highest BCUT2D eigenvalue weighted by Gasteiger charge is 2.40. The highest BCUT2D eigenvalue weighted by atomic mass is 32.2. The standard InChI is InChI=1S/C31H29NO4S/c1-20-11-15-22(16-12-20)31(33)32(37(34,35)23-17-13-21(2)14-18-23)28-19-27-25-8-5-6-10-29(25)36-30(27)26-9-4-3-7-24(26)28/h3-4,7,9,11-19,25,29H,5-6,8,10H2,1-2H3/t25-,29+/m0/s1. The van der Waals surface area contributed by atoms with Crippen LogP contribution in [0.5, 0.6) is 5.75 Å². The van der Waals surface area contributed by atoms with E-state index in [1.807, 2.05) is 56.3 Å². The number of carbonyl (C=O) groups excluding carboxylic acids is 1. The summed E-state index contributed by atoms with van der Waals surface area (Å²) in [7, 11) is -4.22. The van der Waals surface area contributed by atoms with E-state index in [1.54, 1.807) is 36.4 Å². The highest BCUT2D eigenvalue weighted by Crippen LogP contribution is 2.51. The monoisotopic (exact) mass is 511 g/mol. The molecule has 2 aliphatic rings. The molecule has 0 radical (unpaired) electrons. The molecule has 0 bridgehead atoms. The zero-order valence-electron chi connectivity index (χ0n) is 21.0. The number of aryl methyl sites for hydroxylation is 2. The van der Waals surface area contributed by atoms with Crippen LogP contribution in [0.2, 0.25) is 0 Å². The minimum Gasteiger partial charge on any atom is -0.489 e. The van der Waals surface area contributed by atoms with Gasteiger partial charge in [0.1, 0.15) is 11.9 Å². The van der Waals surface area contributed by atoms with Crippen molar-refractivity contribution in [3.63, 3.8) is 0 Å². The molecule has 1 aliphatic heterocycles. The maximum Gasteiger partial charge on any atom is 0.272 e. The van der Waals surface area contributed by atoms with Gasteiger partial charge in [-0.25, -0.2) is 8.42 Å². The molecule has 1 saturated carbocycles. The molecule has 1 amide bonds. The lowest BCUT2D eigenvalue weighted by atomic mass is 9.82. The minimum atomic E-state index is -4.22. The lowest BCUT2D eigenvalue weighted by molar-refractivity contribution is 0.101. The van der Waals surface area contributed by atoms with E-state index in [1.165, 1.54) is 0 Å². The van der Waals surface area contributed by atoms with Gasteiger partial charge in [0.2, 0.25) is 0 Å². The maximum atomic E-state index is 14.2. The first-order chi connectivity index (χ1) is 17.8. The second-order valence-corrected chi connectivity index (χ2v) is 11.9. The number of nitrogens with zero attached hydrogens (tertiary/aromatic N) is 1. The van der Waals surface area contributed by atoms with Gasteiger partial charge in [-0.3, -0.25) is 4.79 Å². The number of benzene rings is 4. The fraction of sp³-hybridized carbons (Fsp3) is 0.258. The Bertz CT molecular complexity index is 1610. The molecule has 1 heterocycles. The minimum absolute atomic E-state index is 0.0786. The number of hydrogen-bond acceptors (Lipinski definition) is 4. The van der Waals surface area contributed by atoms with E-state index in [4.69, 9.17) is 4.74 Å². The van der Waals surface area contributed by atoms with Crippen molar-refractivity contribution in [1.29, 1.82) is 0 Å². The molecule has 37 heavy (non-hydrogen) atoms. The molecule has 0 aromatic heterocycles. The molecule has 2 atom stereocenters. The third-order valence-corrected chi connectivity index (χ3v) is 9.35. The summed E-state index contributed by atoms with van der Waals surface area (Å²) in [5, 5.41) is 1.52. The fourth-order valence-corrected chi connectivity index (χ4v) is 7.07. The molecule has 0 spiro atoms. The number of rotatable bonds is 4. The molecule has 1 fully saturated rings. The van der Waals surface area contributed by atoms with Crippen molar-refractivity contribution < 1.29 is 17.9 Å². The third kappa shape index (κ3) is 4.00. The van der Waals surface area contributed by atoms with Crippen molar-refractivity contribution in [1.82, 2.24) is 0 Å². The lowest BCUT2D eigenvalue weighted by Gasteiger charge is -2.26. The van der Waals surface area contributed by atoms with Crippen molar-refractivity contribution in [2.75, 3.05) is 4.31 Å². The van der Waals surface area contributed by atoms with Gasteiger partial charge >= 0.3 is 0 Å². The van der Waals surface area contributed by atoms with Crippen molar-refractivity contribution in [3.8, 4) is 5.75 Å². The van der Waals surface area contributed by atoms with Crippen molar-refractivity contribution in [2.24, 2.45) is 0 Å². The van der Waals surface area contributed by atoms with E-state index in [-0.39, 0.29) is 16.9 Å². The maximum absolute atomic E-state index is 14.2. The average Bonchev–Trinajstić information content (AvgIpc) is 3.28. The summed E-state index contributed by atoms with van der Waals surface area (Å²) in [6.45, 7) is 3.84. The molecule has 4 aromatic rings. The van der Waals surface area contributed by atoms with Gasteiger partial charge in [-0.05, 0) is 63.4 Å². The topological polar surface area (TPSA) is 63.7 Å². The van der Waals surface area contributed by atoms with Crippen LogP contribution in [-0.4, -0.2) is 20.4 Å². The van der Waals surface area contributed by atoms with Gasteiger partial charge < -0.3 is 4.74 Å². The van der Waals surface area contributed by atoms with Gasteiger partial charge in [0, 0.05) is 27.8 Å². The van der Waals surface area contributed by atoms with Crippen molar-refractivity contribution in [2.45, 2.75) is 56.4 Å². The number of sulfonamides is 1. The Morgan fingerprint density at radius 2 is 1.46 bits per heavy atom. The van der Waals surface area contributed by atoms with Gasteiger partial charge in [-0.1, -0.05) is 66.1 Å². The number of amides is 1. The summed E-state index contributed by atoms with van der Waals surface area (Å²) in [5.41, 5.74) is 3.62. The summed E-state index contributed by atoms with van der Waals surface area (Å²) in [5.74, 6) is 0.446. The average molecular weight is 512 g/mol. The van der Waals surface area contributed by atoms with Crippen LogP contribution < -0.4 is 9.04 Å². The zero-order valence-corrected chi connectivity index (χ0v) is 21.8. The predicted molar refractivity (Wildman–Crippen MR) is 146 cm³/mol. The Balaban J connectivity index is 1.61. The molecule has 5 nitrogen and oxygen atoms in total. The largest absolute Gasteiger partial charge is 0.489 e. The van der Waals surface area contributed by atoms with E-state index in [2.05, 4.69) is 0 Å². The lowest BCUT2D eigenvalue weighted by Crippen LogP contribution is -2.37. The molecule has 4 aromatic carbocycles. The molecular formula is C31H29NO4S. The Morgan fingerprint density at radius 1 is 0.838 bits per heavy atom. The van der Waals surface area contributed by atoms with Crippen LogP contribution in [0.1, 0.15) is 58.6 Å². The third-order valence-electron chi connectivity index (χ3n) is 7.63. The SMILES string of the molecule is Cc1ccc(C(=O)N(c2cc3c(c4ccccc24)O[C@@H]2CCCC[C@@H]32)S(=O)(=O)c2ccc(C)cc2)cc1. The van der Waals surface area contributed by atoms with Crippen LogP contribution in [0.3, 0.4) is 0 Å². The molecule has 6 rings (SSSR count). The predicted octanol–water partition coefficient (Wildman–Crippen LogP) is 6.91. The van der Waals surface area contributed by atoms with Crippen molar-refractivity contribution >= 4 is 32.4 Å². The van der Waals surface area contributed by atoms with E-state index in [0.717, 1.165) is 57.8 Å². The summed E-state index contributed by atoms with van der Waals surface area (Å²) in [6, 6.07) is 23.2. The molecular weight excluding hydrogens is 482 g/mol. The summed E-state index contributed by atoms with van der Waals surface area (Å²) in [4.78, 5) is 14.2. The van der Waals surface area contributed by atoms with Crippen LogP contribution in [0.4, 0.5) is 5.69 Å². The van der Waals surface area contributed by atoms with Crippen LogP contribution >= 0.6 is 0 Å². The highest BCUT2D eigenvalue weighted by molar-refractivity contribution is 7.93. The molecule has 188 valence electrons. The van der Waals surface area contributed by atoms with E-state index in [9.17, 15) is 13.2 Å². The van der Waals surface area contributed by atoms with E-state index in [0.29, 0.717) is 16.6 Å². The Morgan fingerprint density at radius 3 is 2.16 bits per heavy atom. The summed E-state index contributed by atoms with van der Waals surface area (Å²) < 4.78 is 35.9. The van der Waals surface area contributed by atoms with E-state index >= 15 is 0 Å². The second kappa shape index (κ2) is 9.03. The number of fused-ring (bicyclic) bond motifs is 5. The molecule has 6 heteroatoms. The number of ether oxygens (including phenoxy) is 1. The van der Waals surface area contributed by atoms with Gasteiger partial charge in [-0.15, -0.1) is 0 Å². The fourth-order valence-electron chi connectivity index (χ4n) is 5.65. The van der Waals surface area contributed by atoms with Gasteiger partial charge in [0.05, 0.1) is 10.6 Å². The molecule has 0 N–H and O–H groups in total. The Hall–Kier alpha value is -3.64. The molecule has 1 aliphatic carbocycles. The Labute approximate surface area is 217 Å². The van der Waals surface area contributed by atoms with Crippen LogP contribution in [0.15, 0.2) is 83.8 Å². The molecule has 0 unspecified atom stereocenters. The van der Waals surface area contributed by atoms with Crippen LogP contribution in [0.25, 0.3) is 10.8 Å². The smallest absolute Gasteiger partial charge is 0.272 e. The second-order valence-electron chi connectivity index (χ2n) is 10.2. The number of carbonyl (C=O) groups is 1. The number of anilines is 1. The Kier molecular flexibility index (Phi) is 5.80. The van der Waals surface area contributed by atoms with Gasteiger partial charge in [0.25, 0.3) is 15.9 Å². The first-order valence-electron chi connectivity index (χ1n) is 12.8. The zero-order chi connectivity index (χ0) is 25.7. The first-order valence-corrected chi connectivity index (χ1v) is 14.2. The number of hydrogen-bond donors (Lipinski definition) is 0. The first kappa shape index (κ1) is 23.7. The summed E-state index contributed by atoms with van der Waals surface area (Å²) >= 11 is 0. The van der Waals surface area contributed by atoms with Crippen molar-refractivity contribution in [3.05, 3.63) is 101 Å².